The van der Waals surface area contributed by atoms with Gasteiger partial charge in [-0.1, -0.05) is 33.6 Å². The molecule has 0 aliphatic rings. The summed E-state index contributed by atoms with van der Waals surface area (Å²) in [6, 6.07) is 15.1. The van der Waals surface area contributed by atoms with Crippen LogP contribution in [0.4, 0.5) is 5.69 Å². The van der Waals surface area contributed by atoms with Crippen molar-refractivity contribution in [2.24, 2.45) is 5.10 Å². The highest BCUT2D eigenvalue weighted by atomic mass is 79.9. The van der Waals surface area contributed by atoms with Crippen molar-refractivity contribution in [2.75, 3.05) is 12.0 Å². The van der Waals surface area contributed by atoms with Gasteiger partial charge in [0.15, 0.2) is 0 Å². The number of halogens is 1. The highest BCUT2D eigenvalue weighted by Gasteiger charge is 2.20. The van der Waals surface area contributed by atoms with Gasteiger partial charge in [0.2, 0.25) is 10.2 Å². The van der Waals surface area contributed by atoms with Crippen molar-refractivity contribution >= 4 is 44.4 Å². The van der Waals surface area contributed by atoms with Crippen molar-refractivity contribution in [2.45, 2.75) is 19.0 Å². The van der Waals surface area contributed by atoms with E-state index < -0.39 is 5.97 Å². The summed E-state index contributed by atoms with van der Waals surface area (Å²) in [5, 5.41) is 16.4. The Morgan fingerprint density at radius 3 is 2.61 bits per heavy atom. The SMILES string of the molecule is CCOC(=O)/C(=N\Nc1ccc(Br)cc1)Sc1nnnn1-c1ccc(C)cc1. The van der Waals surface area contributed by atoms with Crippen LogP contribution in [0.15, 0.2) is 63.3 Å². The number of aryl methyl sites for hydroxylation is 1. The molecule has 0 aliphatic carbocycles. The van der Waals surface area contributed by atoms with E-state index in [1.165, 1.54) is 0 Å². The summed E-state index contributed by atoms with van der Waals surface area (Å²) in [4.78, 5) is 12.3. The number of hydrogen-bond acceptors (Lipinski definition) is 8. The van der Waals surface area contributed by atoms with Gasteiger partial charge in [0, 0.05) is 4.47 Å². The number of aromatic nitrogens is 4. The zero-order valence-corrected chi connectivity index (χ0v) is 17.6. The first-order chi connectivity index (χ1) is 13.6. The van der Waals surface area contributed by atoms with Crippen LogP contribution in [0.3, 0.4) is 0 Å². The molecule has 0 unspecified atom stereocenters. The maximum absolute atomic E-state index is 12.3. The van der Waals surface area contributed by atoms with Gasteiger partial charge < -0.3 is 4.74 Å². The van der Waals surface area contributed by atoms with Crippen LogP contribution in [0.5, 0.6) is 0 Å². The Morgan fingerprint density at radius 2 is 1.93 bits per heavy atom. The van der Waals surface area contributed by atoms with Crippen LogP contribution >= 0.6 is 27.7 Å². The highest BCUT2D eigenvalue weighted by molar-refractivity contribution is 9.10. The Hall–Kier alpha value is -2.72. The maximum atomic E-state index is 12.3. The van der Waals surface area contributed by atoms with Crippen molar-refractivity contribution in [1.29, 1.82) is 0 Å². The van der Waals surface area contributed by atoms with Crippen molar-refractivity contribution in [3.05, 3.63) is 58.6 Å². The number of tetrazole rings is 1. The van der Waals surface area contributed by atoms with E-state index in [-0.39, 0.29) is 11.7 Å². The average molecular weight is 461 g/mol. The summed E-state index contributed by atoms with van der Waals surface area (Å²) in [6.45, 7) is 3.97. The molecule has 3 aromatic rings. The molecule has 0 atom stereocenters. The molecule has 1 heterocycles. The van der Waals surface area contributed by atoms with E-state index in [9.17, 15) is 4.79 Å². The van der Waals surface area contributed by atoms with E-state index in [0.717, 1.165) is 33.2 Å². The van der Waals surface area contributed by atoms with Gasteiger partial charge in [0.1, 0.15) is 0 Å². The van der Waals surface area contributed by atoms with E-state index in [4.69, 9.17) is 4.74 Å². The van der Waals surface area contributed by atoms with Crippen molar-refractivity contribution in [1.82, 2.24) is 20.2 Å². The molecular formula is C18H17BrN6O2S. The van der Waals surface area contributed by atoms with Gasteiger partial charge in [-0.2, -0.15) is 9.78 Å². The number of benzene rings is 2. The standard InChI is InChI=1S/C18H17BrN6O2S/c1-3-27-17(26)16(21-20-14-8-6-13(19)7-9-14)28-18-22-23-24-25(18)15-10-4-12(2)5-11-15/h4-11,20H,3H2,1-2H3/b21-16+. The van der Waals surface area contributed by atoms with Crippen LogP contribution in [0.1, 0.15) is 12.5 Å². The van der Waals surface area contributed by atoms with E-state index in [0.29, 0.717) is 5.16 Å². The molecule has 0 saturated carbocycles. The molecule has 1 N–H and O–H groups in total. The summed E-state index contributed by atoms with van der Waals surface area (Å²) in [5.41, 5.74) is 5.49. The first-order valence-corrected chi connectivity index (χ1v) is 9.97. The fourth-order valence-corrected chi connectivity index (χ4v) is 3.10. The maximum Gasteiger partial charge on any atom is 0.365 e. The molecule has 0 fully saturated rings. The molecule has 28 heavy (non-hydrogen) atoms. The van der Waals surface area contributed by atoms with E-state index in [1.807, 2.05) is 55.5 Å². The minimum atomic E-state index is -0.560. The van der Waals surface area contributed by atoms with Crippen LogP contribution in [0, 0.1) is 6.92 Å². The lowest BCUT2D eigenvalue weighted by Crippen LogP contribution is -2.17. The molecule has 2 aromatic carbocycles. The van der Waals surface area contributed by atoms with Gasteiger partial charge in [0.25, 0.3) is 0 Å². The lowest BCUT2D eigenvalue weighted by atomic mass is 10.2. The van der Waals surface area contributed by atoms with Crippen LogP contribution < -0.4 is 5.43 Å². The minimum Gasteiger partial charge on any atom is -0.461 e. The molecular weight excluding hydrogens is 444 g/mol. The predicted octanol–water partition coefficient (Wildman–Crippen LogP) is 3.81. The van der Waals surface area contributed by atoms with Crippen molar-refractivity contribution in [3.8, 4) is 5.69 Å². The highest BCUT2D eigenvalue weighted by Crippen LogP contribution is 2.21. The number of carbonyl (C=O) groups is 1. The zero-order valence-electron chi connectivity index (χ0n) is 15.2. The smallest absolute Gasteiger partial charge is 0.365 e. The molecule has 0 radical (unpaired) electrons. The molecule has 144 valence electrons. The molecule has 0 spiro atoms. The number of carbonyl (C=O) groups excluding carboxylic acids is 1. The number of nitrogens with zero attached hydrogens (tertiary/aromatic N) is 5. The van der Waals surface area contributed by atoms with Gasteiger partial charge in [-0.25, -0.2) is 4.79 Å². The predicted molar refractivity (Wildman–Crippen MR) is 112 cm³/mol. The fraction of sp³-hybridized carbons (Fsp3) is 0.167. The molecule has 3 rings (SSSR count). The Bertz CT molecular complexity index is 973. The number of hydrogen-bond donors (Lipinski definition) is 1. The van der Waals surface area contributed by atoms with Crippen LogP contribution in [0.2, 0.25) is 0 Å². The molecule has 1 aromatic heterocycles. The van der Waals surface area contributed by atoms with Crippen molar-refractivity contribution in [3.63, 3.8) is 0 Å². The number of rotatable bonds is 5. The zero-order chi connectivity index (χ0) is 19.9. The van der Waals surface area contributed by atoms with Crippen LogP contribution in [-0.4, -0.2) is 37.8 Å². The van der Waals surface area contributed by atoms with Crippen LogP contribution in [0.25, 0.3) is 5.69 Å². The number of thioether (sulfide) groups is 1. The lowest BCUT2D eigenvalue weighted by Gasteiger charge is -2.07. The molecule has 0 bridgehead atoms. The third kappa shape index (κ3) is 5.17. The second kappa shape index (κ2) is 9.47. The Labute approximate surface area is 174 Å². The van der Waals surface area contributed by atoms with Gasteiger partial charge in [-0.15, -0.1) is 5.10 Å². The lowest BCUT2D eigenvalue weighted by molar-refractivity contribution is -0.134. The van der Waals surface area contributed by atoms with Gasteiger partial charge in [-0.05, 0) is 72.4 Å². The fourth-order valence-electron chi connectivity index (χ4n) is 2.12. The first kappa shape index (κ1) is 20.0. The first-order valence-electron chi connectivity index (χ1n) is 8.36. The topological polar surface area (TPSA) is 94.3 Å². The Kier molecular flexibility index (Phi) is 6.77. The Morgan fingerprint density at radius 1 is 1.21 bits per heavy atom. The second-order valence-corrected chi connectivity index (χ2v) is 7.44. The number of hydrazone groups is 1. The summed E-state index contributed by atoms with van der Waals surface area (Å²) in [5.74, 6) is -0.560. The van der Waals surface area contributed by atoms with Crippen LogP contribution in [-0.2, 0) is 9.53 Å². The van der Waals surface area contributed by atoms with E-state index in [2.05, 4.69) is 42.0 Å². The molecule has 0 saturated heterocycles. The van der Waals surface area contributed by atoms with Gasteiger partial charge >= 0.3 is 5.97 Å². The normalized spacial score (nSPS) is 11.3. The Balaban J connectivity index is 1.85. The van der Waals surface area contributed by atoms with Gasteiger partial charge in [0.05, 0.1) is 18.0 Å². The molecule has 0 aliphatic heterocycles. The third-order valence-electron chi connectivity index (χ3n) is 3.49. The minimum absolute atomic E-state index is 0.0907. The summed E-state index contributed by atoms with van der Waals surface area (Å²) in [6.07, 6.45) is 0. The quantitative estimate of drug-likeness (QED) is 0.203. The largest absolute Gasteiger partial charge is 0.461 e. The van der Waals surface area contributed by atoms with Gasteiger partial charge in [-0.3, -0.25) is 5.43 Å². The number of ether oxygens (including phenoxy) is 1. The van der Waals surface area contributed by atoms with E-state index >= 15 is 0 Å². The molecule has 10 heteroatoms. The molecule has 8 nitrogen and oxygen atoms in total. The third-order valence-corrected chi connectivity index (χ3v) is 4.91. The molecule has 0 amide bonds. The second-order valence-electron chi connectivity index (χ2n) is 5.57. The number of nitrogens with one attached hydrogen (secondary N) is 1. The number of anilines is 1. The summed E-state index contributed by atoms with van der Waals surface area (Å²) >= 11 is 4.40. The van der Waals surface area contributed by atoms with E-state index in [1.54, 1.807) is 11.6 Å². The average Bonchev–Trinajstić information content (AvgIpc) is 3.15. The summed E-state index contributed by atoms with van der Waals surface area (Å²) in [7, 11) is 0. The summed E-state index contributed by atoms with van der Waals surface area (Å²) < 4.78 is 7.59. The van der Waals surface area contributed by atoms with Crippen molar-refractivity contribution < 1.29 is 9.53 Å². The monoisotopic (exact) mass is 460 g/mol. The number of esters is 1.